The lowest BCUT2D eigenvalue weighted by Crippen LogP contribution is -2.21. The highest BCUT2D eigenvalue weighted by atomic mass is 32.1. The summed E-state index contributed by atoms with van der Waals surface area (Å²) in [5, 5.41) is 7.02. The molecule has 3 aromatic rings. The number of aromatic nitrogens is 3. The van der Waals surface area contributed by atoms with Crippen molar-refractivity contribution in [1.82, 2.24) is 20.1 Å². The monoisotopic (exact) mass is 312 g/mol. The van der Waals surface area contributed by atoms with Gasteiger partial charge in [0, 0.05) is 11.4 Å². The van der Waals surface area contributed by atoms with Gasteiger partial charge in [-0.25, -0.2) is 9.67 Å². The van der Waals surface area contributed by atoms with Crippen LogP contribution in [-0.2, 0) is 13.1 Å². The quantitative estimate of drug-likeness (QED) is 0.788. The molecule has 1 N–H and O–H groups in total. The Bertz CT molecular complexity index is 747. The molecular formula is C16H16N4OS. The minimum absolute atomic E-state index is 0.0233. The maximum atomic E-state index is 12.0. The largest absolute Gasteiger partial charge is 0.347 e. The lowest BCUT2D eigenvalue weighted by molar-refractivity contribution is 0.0955. The van der Waals surface area contributed by atoms with Crippen LogP contribution in [0.5, 0.6) is 0 Å². The first kappa shape index (κ1) is 14.5. The summed E-state index contributed by atoms with van der Waals surface area (Å²) in [4.78, 5) is 17.8. The Morgan fingerprint density at radius 2 is 1.95 bits per heavy atom. The number of nitrogens with one attached hydrogen (secondary N) is 1. The van der Waals surface area contributed by atoms with Crippen LogP contribution in [0.2, 0.25) is 0 Å². The van der Waals surface area contributed by atoms with Crippen molar-refractivity contribution in [3.63, 3.8) is 0 Å². The number of amides is 1. The highest BCUT2D eigenvalue weighted by molar-refractivity contribution is 7.13. The van der Waals surface area contributed by atoms with E-state index in [1.807, 2.05) is 43.3 Å². The zero-order valence-electron chi connectivity index (χ0n) is 12.2. The number of nitrogens with zero attached hydrogens (tertiary/aromatic N) is 3. The molecule has 6 heteroatoms. The fraction of sp³-hybridized carbons (Fsp3) is 0.188. The van der Waals surface area contributed by atoms with E-state index in [1.54, 1.807) is 11.0 Å². The van der Waals surface area contributed by atoms with Crippen LogP contribution in [0.25, 0.3) is 0 Å². The van der Waals surface area contributed by atoms with Crippen LogP contribution < -0.4 is 5.32 Å². The van der Waals surface area contributed by atoms with Crippen molar-refractivity contribution in [1.29, 1.82) is 0 Å². The number of carbonyl (C=O) groups excluding carboxylic acids is 1. The second-order valence-electron chi connectivity index (χ2n) is 5.00. The van der Waals surface area contributed by atoms with Gasteiger partial charge in [0.05, 0.1) is 11.4 Å². The minimum Gasteiger partial charge on any atom is -0.347 e. The molecule has 2 heterocycles. The van der Waals surface area contributed by atoms with Gasteiger partial charge in [-0.1, -0.05) is 24.3 Å². The standard InChI is InChI=1S/C16H16N4OS/c1-12-2-7-15(22-12)16(21)18-8-13-3-5-14(6-4-13)9-20-11-17-10-19-20/h2-7,10-11H,8-9H2,1H3,(H,18,21). The molecule has 0 saturated heterocycles. The van der Waals surface area contributed by atoms with Gasteiger partial charge in [-0.2, -0.15) is 5.10 Å². The fourth-order valence-electron chi connectivity index (χ4n) is 2.09. The van der Waals surface area contributed by atoms with Gasteiger partial charge < -0.3 is 5.32 Å². The summed E-state index contributed by atoms with van der Waals surface area (Å²) in [6, 6.07) is 11.9. The van der Waals surface area contributed by atoms with Gasteiger partial charge in [-0.3, -0.25) is 4.79 Å². The van der Waals surface area contributed by atoms with Gasteiger partial charge in [-0.15, -0.1) is 11.3 Å². The van der Waals surface area contributed by atoms with Gasteiger partial charge in [0.2, 0.25) is 0 Å². The van der Waals surface area contributed by atoms with Gasteiger partial charge in [0.25, 0.3) is 5.91 Å². The lowest BCUT2D eigenvalue weighted by atomic mass is 10.1. The molecular weight excluding hydrogens is 296 g/mol. The Hall–Kier alpha value is -2.47. The van der Waals surface area contributed by atoms with Gasteiger partial charge in [0.15, 0.2) is 0 Å². The minimum atomic E-state index is -0.0233. The molecule has 0 aliphatic carbocycles. The van der Waals surface area contributed by atoms with Crippen molar-refractivity contribution in [2.24, 2.45) is 0 Å². The Morgan fingerprint density at radius 3 is 2.59 bits per heavy atom. The van der Waals surface area contributed by atoms with Crippen molar-refractivity contribution in [3.05, 3.63) is 69.9 Å². The summed E-state index contributed by atoms with van der Waals surface area (Å²) < 4.78 is 1.77. The highest BCUT2D eigenvalue weighted by Crippen LogP contribution is 2.15. The molecule has 0 aliphatic heterocycles. The highest BCUT2D eigenvalue weighted by Gasteiger charge is 2.07. The van der Waals surface area contributed by atoms with Crippen molar-refractivity contribution in [3.8, 4) is 0 Å². The third-order valence-electron chi connectivity index (χ3n) is 3.25. The van der Waals surface area contributed by atoms with E-state index in [1.165, 1.54) is 17.7 Å². The van der Waals surface area contributed by atoms with E-state index >= 15 is 0 Å². The Labute approximate surface area is 132 Å². The number of hydrogen-bond acceptors (Lipinski definition) is 4. The van der Waals surface area contributed by atoms with E-state index in [-0.39, 0.29) is 5.91 Å². The average molecular weight is 312 g/mol. The molecule has 3 rings (SSSR count). The number of hydrogen-bond donors (Lipinski definition) is 1. The predicted octanol–water partition coefficient (Wildman–Crippen LogP) is 2.63. The third kappa shape index (κ3) is 3.59. The second-order valence-corrected chi connectivity index (χ2v) is 6.29. The van der Waals surface area contributed by atoms with E-state index in [0.29, 0.717) is 13.1 Å². The van der Waals surface area contributed by atoms with Crippen LogP contribution >= 0.6 is 11.3 Å². The molecule has 0 aliphatic rings. The smallest absolute Gasteiger partial charge is 0.261 e. The van der Waals surface area contributed by atoms with Crippen molar-refractivity contribution in [2.45, 2.75) is 20.0 Å². The first-order chi connectivity index (χ1) is 10.7. The molecule has 0 bridgehead atoms. The van der Waals surface area contributed by atoms with Crippen LogP contribution in [0.3, 0.4) is 0 Å². The molecule has 1 aromatic carbocycles. The zero-order chi connectivity index (χ0) is 15.4. The van der Waals surface area contributed by atoms with E-state index < -0.39 is 0 Å². The second kappa shape index (κ2) is 6.53. The Kier molecular flexibility index (Phi) is 4.29. The normalized spacial score (nSPS) is 10.6. The van der Waals surface area contributed by atoms with Crippen LogP contribution in [0.15, 0.2) is 49.1 Å². The van der Waals surface area contributed by atoms with Crippen LogP contribution in [0.4, 0.5) is 0 Å². The van der Waals surface area contributed by atoms with Crippen molar-refractivity contribution < 1.29 is 4.79 Å². The summed E-state index contributed by atoms with van der Waals surface area (Å²) >= 11 is 1.51. The Morgan fingerprint density at radius 1 is 1.18 bits per heavy atom. The number of rotatable bonds is 5. The maximum absolute atomic E-state index is 12.0. The van der Waals surface area contributed by atoms with E-state index in [2.05, 4.69) is 15.4 Å². The molecule has 0 saturated carbocycles. The van der Waals surface area contributed by atoms with Crippen LogP contribution in [0, 0.1) is 6.92 Å². The summed E-state index contributed by atoms with van der Waals surface area (Å²) in [6.45, 7) is 3.22. The first-order valence-corrected chi connectivity index (χ1v) is 7.77. The molecule has 1 amide bonds. The van der Waals surface area contributed by atoms with E-state index in [4.69, 9.17) is 0 Å². The number of thiophene rings is 1. The van der Waals surface area contributed by atoms with Crippen molar-refractivity contribution in [2.75, 3.05) is 0 Å². The van der Waals surface area contributed by atoms with Gasteiger partial charge >= 0.3 is 0 Å². The summed E-state index contributed by atoms with van der Waals surface area (Å²) in [5.74, 6) is -0.0233. The van der Waals surface area contributed by atoms with Crippen molar-refractivity contribution >= 4 is 17.2 Å². The first-order valence-electron chi connectivity index (χ1n) is 6.95. The third-order valence-corrected chi connectivity index (χ3v) is 4.25. The predicted molar refractivity (Wildman–Crippen MR) is 85.8 cm³/mol. The number of aryl methyl sites for hydroxylation is 1. The molecule has 22 heavy (non-hydrogen) atoms. The van der Waals surface area contributed by atoms with Crippen LogP contribution in [-0.4, -0.2) is 20.7 Å². The van der Waals surface area contributed by atoms with Gasteiger partial charge in [0.1, 0.15) is 12.7 Å². The van der Waals surface area contributed by atoms with E-state index in [0.717, 1.165) is 20.9 Å². The summed E-state index contributed by atoms with van der Waals surface area (Å²) in [7, 11) is 0. The zero-order valence-corrected chi connectivity index (χ0v) is 13.0. The molecule has 0 fully saturated rings. The molecule has 2 aromatic heterocycles. The number of benzene rings is 1. The van der Waals surface area contributed by atoms with Crippen LogP contribution in [0.1, 0.15) is 25.7 Å². The molecule has 0 spiro atoms. The average Bonchev–Trinajstić information content (AvgIpc) is 3.18. The number of carbonyl (C=O) groups is 1. The topological polar surface area (TPSA) is 59.8 Å². The summed E-state index contributed by atoms with van der Waals surface area (Å²) in [6.07, 6.45) is 3.22. The molecule has 0 unspecified atom stereocenters. The molecule has 0 radical (unpaired) electrons. The van der Waals surface area contributed by atoms with E-state index in [9.17, 15) is 4.79 Å². The molecule has 112 valence electrons. The van der Waals surface area contributed by atoms with Gasteiger partial charge in [-0.05, 0) is 30.2 Å². The Balaban J connectivity index is 1.56. The molecule has 0 atom stereocenters. The lowest BCUT2D eigenvalue weighted by Gasteiger charge is -2.06. The maximum Gasteiger partial charge on any atom is 0.261 e. The molecule has 5 nitrogen and oxygen atoms in total. The summed E-state index contributed by atoms with van der Waals surface area (Å²) in [5.41, 5.74) is 2.22. The SMILES string of the molecule is Cc1ccc(C(=O)NCc2ccc(Cn3cncn3)cc2)s1. The fourth-order valence-corrected chi connectivity index (χ4v) is 2.87.